The normalized spacial score (nSPS) is 11.6. The van der Waals surface area contributed by atoms with Crippen LogP contribution in [0.25, 0.3) is 0 Å². The molecule has 5 nitrogen and oxygen atoms in total. The molecular weight excluding hydrogens is 227 g/mol. The summed E-state index contributed by atoms with van der Waals surface area (Å²) in [5.74, 6) is -0.802. The Balaban J connectivity index is 3.25. The smallest absolute Gasteiger partial charge is 0.405 e. The second kappa shape index (κ2) is 4.54. The van der Waals surface area contributed by atoms with E-state index < -0.39 is 18.7 Å². The Morgan fingerprint density at radius 1 is 1.44 bits per heavy atom. The number of pyridine rings is 1. The number of nitrogens with two attached hydrogens (primary N) is 2. The number of rotatable bonds is 3. The van der Waals surface area contributed by atoms with Crippen molar-refractivity contribution in [3.63, 3.8) is 0 Å². The van der Waals surface area contributed by atoms with E-state index in [1.807, 2.05) is 0 Å². The van der Waals surface area contributed by atoms with Crippen LogP contribution in [0.1, 0.15) is 11.1 Å². The molecule has 0 saturated heterocycles. The first-order valence-electron chi connectivity index (χ1n) is 4.22. The Bertz CT molecular complexity index is 382. The lowest BCUT2D eigenvalue weighted by molar-refractivity contribution is -0.275. The van der Waals surface area contributed by atoms with Crippen molar-refractivity contribution in [3.05, 3.63) is 17.3 Å². The van der Waals surface area contributed by atoms with Gasteiger partial charge in [-0.25, -0.2) is 4.98 Å². The summed E-state index contributed by atoms with van der Waals surface area (Å²) in [5, 5.41) is 8.91. The number of halogens is 3. The fraction of sp³-hybridized carbons (Fsp3) is 0.375. The summed E-state index contributed by atoms with van der Waals surface area (Å²) in [6, 6.07) is 0. The van der Waals surface area contributed by atoms with Crippen LogP contribution in [0.4, 0.5) is 19.0 Å². The van der Waals surface area contributed by atoms with Crippen molar-refractivity contribution in [1.82, 2.24) is 4.98 Å². The maximum absolute atomic E-state index is 12.1. The molecular formula is C8H10F3N3O2. The van der Waals surface area contributed by atoms with Crippen LogP contribution >= 0.6 is 0 Å². The molecule has 0 spiro atoms. The minimum absolute atomic E-state index is 0.0237. The van der Waals surface area contributed by atoms with Gasteiger partial charge >= 0.3 is 6.36 Å². The van der Waals surface area contributed by atoms with Gasteiger partial charge in [0.05, 0.1) is 12.2 Å². The standard InChI is InChI=1S/C8H10F3N3O2/c9-8(10,11)16-6-4(1-12)2-14-7(13)5(6)3-15/h2,15H,1,3,12H2,(H2,13,14). The van der Waals surface area contributed by atoms with Gasteiger partial charge in [-0.3, -0.25) is 0 Å². The van der Waals surface area contributed by atoms with E-state index >= 15 is 0 Å². The van der Waals surface area contributed by atoms with Crippen LogP contribution in [0.5, 0.6) is 5.75 Å². The highest BCUT2D eigenvalue weighted by Gasteiger charge is 2.33. The molecule has 0 fully saturated rings. The Kier molecular flexibility index (Phi) is 3.55. The molecule has 0 aromatic carbocycles. The van der Waals surface area contributed by atoms with Crippen LogP contribution in [0.15, 0.2) is 6.20 Å². The topological polar surface area (TPSA) is 94.4 Å². The zero-order valence-electron chi connectivity index (χ0n) is 8.08. The number of hydrogen-bond donors (Lipinski definition) is 3. The molecule has 0 radical (unpaired) electrons. The number of nitrogen functional groups attached to an aromatic ring is 1. The molecule has 0 saturated carbocycles. The second-order valence-electron chi connectivity index (χ2n) is 2.89. The van der Waals surface area contributed by atoms with Gasteiger partial charge in [0.25, 0.3) is 0 Å². The van der Waals surface area contributed by atoms with Crippen molar-refractivity contribution in [1.29, 1.82) is 0 Å². The van der Waals surface area contributed by atoms with Gasteiger partial charge < -0.3 is 21.3 Å². The quantitative estimate of drug-likeness (QED) is 0.712. The summed E-state index contributed by atoms with van der Waals surface area (Å²) >= 11 is 0. The molecule has 1 aromatic rings. The average Bonchev–Trinajstić information content (AvgIpc) is 2.16. The van der Waals surface area contributed by atoms with E-state index in [0.29, 0.717) is 0 Å². The molecule has 16 heavy (non-hydrogen) atoms. The third kappa shape index (κ3) is 2.74. The molecule has 8 heteroatoms. The monoisotopic (exact) mass is 237 g/mol. The van der Waals surface area contributed by atoms with Gasteiger partial charge in [0.1, 0.15) is 11.6 Å². The number of aliphatic hydroxyl groups excluding tert-OH is 1. The lowest BCUT2D eigenvalue weighted by atomic mass is 10.1. The first kappa shape index (κ1) is 12.5. The van der Waals surface area contributed by atoms with Gasteiger partial charge in [-0.15, -0.1) is 13.2 Å². The highest BCUT2D eigenvalue weighted by atomic mass is 19.4. The van der Waals surface area contributed by atoms with Gasteiger partial charge in [-0.1, -0.05) is 0 Å². The van der Waals surface area contributed by atoms with Crippen molar-refractivity contribution < 1.29 is 23.0 Å². The Labute approximate surface area is 88.8 Å². The van der Waals surface area contributed by atoms with Crippen molar-refractivity contribution in [2.45, 2.75) is 19.5 Å². The first-order valence-corrected chi connectivity index (χ1v) is 4.22. The molecule has 1 heterocycles. The Morgan fingerprint density at radius 2 is 2.06 bits per heavy atom. The second-order valence-corrected chi connectivity index (χ2v) is 2.89. The Morgan fingerprint density at radius 3 is 2.50 bits per heavy atom. The highest BCUT2D eigenvalue weighted by Crippen LogP contribution is 2.32. The lowest BCUT2D eigenvalue weighted by Gasteiger charge is -2.16. The maximum Gasteiger partial charge on any atom is 0.573 e. The molecule has 0 atom stereocenters. The number of hydrogen-bond acceptors (Lipinski definition) is 5. The van der Waals surface area contributed by atoms with Gasteiger partial charge in [0.15, 0.2) is 0 Å². The third-order valence-corrected chi connectivity index (χ3v) is 1.83. The average molecular weight is 237 g/mol. The summed E-state index contributed by atoms with van der Waals surface area (Å²) in [6.45, 7) is -0.913. The molecule has 0 bridgehead atoms. The predicted molar refractivity (Wildman–Crippen MR) is 49.1 cm³/mol. The van der Waals surface area contributed by atoms with E-state index in [2.05, 4.69) is 9.72 Å². The fourth-order valence-corrected chi connectivity index (χ4v) is 1.14. The summed E-state index contributed by atoms with van der Waals surface area (Å²) in [5.41, 5.74) is 10.4. The number of alkyl halides is 3. The minimum Gasteiger partial charge on any atom is -0.405 e. The first-order chi connectivity index (χ1) is 7.39. The molecule has 0 amide bonds. The highest BCUT2D eigenvalue weighted by molar-refractivity contribution is 5.52. The van der Waals surface area contributed by atoms with Crippen molar-refractivity contribution >= 4 is 5.82 Å². The van der Waals surface area contributed by atoms with Crippen LogP contribution < -0.4 is 16.2 Å². The van der Waals surface area contributed by atoms with Crippen LogP contribution in [-0.4, -0.2) is 16.5 Å². The molecule has 0 unspecified atom stereocenters. The van der Waals surface area contributed by atoms with Crippen LogP contribution in [0, 0.1) is 0 Å². The summed E-state index contributed by atoms with van der Waals surface area (Å²) < 4.78 is 40.1. The zero-order valence-corrected chi connectivity index (χ0v) is 8.08. The molecule has 0 aliphatic carbocycles. The molecule has 0 aliphatic rings. The SMILES string of the molecule is NCc1cnc(N)c(CO)c1OC(F)(F)F. The van der Waals surface area contributed by atoms with E-state index in [0.717, 1.165) is 6.20 Å². The lowest BCUT2D eigenvalue weighted by Crippen LogP contribution is -2.21. The van der Waals surface area contributed by atoms with E-state index in [4.69, 9.17) is 16.6 Å². The molecule has 0 aliphatic heterocycles. The minimum atomic E-state index is -4.87. The van der Waals surface area contributed by atoms with Crippen LogP contribution in [0.2, 0.25) is 0 Å². The fourth-order valence-electron chi connectivity index (χ4n) is 1.14. The molecule has 1 aromatic heterocycles. The van der Waals surface area contributed by atoms with E-state index in [9.17, 15) is 13.2 Å². The number of aliphatic hydroxyl groups is 1. The maximum atomic E-state index is 12.1. The van der Waals surface area contributed by atoms with Crippen molar-refractivity contribution in [2.75, 3.05) is 5.73 Å². The largest absolute Gasteiger partial charge is 0.573 e. The number of nitrogens with zero attached hydrogens (tertiary/aromatic N) is 1. The van der Waals surface area contributed by atoms with Crippen molar-refractivity contribution in [3.8, 4) is 5.75 Å². The Hall–Kier alpha value is -1.54. The molecule has 5 N–H and O–H groups in total. The van der Waals surface area contributed by atoms with E-state index in [1.165, 1.54) is 0 Å². The van der Waals surface area contributed by atoms with Crippen molar-refractivity contribution in [2.24, 2.45) is 5.73 Å². The van der Waals surface area contributed by atoms with Gasteiger partial charge in [0, 0.05) is 18.3 Å². The number of anilines is 1. The van der Waals surface area contributed by atoms with Crippen LogP contribution in [-0.2, 0) is 13.2 Å². The van der Waals surface area contributed by atoms with Gasteiger partial charge in [-0.2, -0.15) is 0 Å². The van der Waals surface area contributed by atoms with Gasteiger partial charge in [0.2, 0.25) is 0 Å². The zero-order chi connectivity index (χ0) is 12.3. The number of ether oxygens (including phenoxy) is 1. The van der Waals surface area contributed by atoms with Gasteiger partial charge in [-0.05, 0) is 0 Å². The summed E-state index contributed by atoms with van der Waals surface area (Å²) in [4.78, 5) is 3.60. The van der Waals surface area contributed by atoms with Crippen LogP contribution in [0.3, 0.4) is 0 Å². The molecule has 1 rings (SSSR count). The van der Waals surface area contributed by atoms with E-state index in [1.54, 1.807) is 0 Å². The summed E-state index contributed by atoms with van der Waals surface area (Å²) in [7, 11) is 0. The molecule has 90 valence electrons. The number of aromatic nitrogens is 1. The summed E-state index contributed by atoms with van der Waals surface area (Å²) in [6.07, 6.45) is -3.79. The third-order valence-electron chi connectivity index (χ3n) is 1.83. The van der Waals surface area contributed by atoms with E-state index in [-0.39, 0.29) is 23.5 Å². The predicted octanol–water partition coefficient (Wildman–Crippen LogP) is 0.513.